The van der Waals surface area contributed by atoms with Crippen LogP contribution in [0.2, 0.25) is 0 Å². The Morgan fingerprint density at radius 3 is 2.00 bits per heavy atom. The molecule has 2 aromatic carbocycles. The maximum absolute atomic E-state index is 12.6. The normalized spacial score (nSPS) is 14.5. The van der Waals surface area contributed by atoms with Gasteiger partial charge in [-0.2, -0.15) is 0 Å². The largest absolute Gasteiger partial charge is 0.465 e. The summed E-state index contributed by atoms with van der Waals surface area (Å²) in [5.74, 6) is -0.339. The van der Waals surface area contributed by atoms with E-state index in [0.717, 1.165) is 24.5 Å². The van der Waals surface area contributed by atoms with Crippen molar-refractivity contribution >= 4 is 23.4 Å². The second-order valence-electron chi connectivity index (χ2n) is 8.27. The Kier molecular flexibility index (Phi) is 6.11. The second kappa shape index (κ2) is 8.55. The molecule has 1 heterocycles. The molecule has 29 heavy (non-hydrogen) atoms. The number of hydrogen-bond acceptors (Lipinski definition) is 4. The molecule has 0 bridgehead atoms. The van der Waals surface area contributed by atoms with E-state index >= 15 is 0 Å². The monoisotopic (exact) mass is 395 g/mol. The highest BCUT2D eigenvalue weighted by Gasteiger charge is 2.22. The van der Waals surface area contributed by atoms with Gasteiger partial charge in [0.25, 0.3) is 0 Å². The molecule has 6 heteroatoms. The van der Waals surface area contributed by atoms with Crippen molar-refractivity contribution in [2.45, 2.75) is 26.2 Å². The average molecular weight is 396 g/mol. The standard InChI is InChI=1S/C23H29N3O3/c1-23(2,3)18-7-9-19(10-8-18)24-22(28)26-15-13-25(14-16-26)20-11-5-17(6-12-20)21(27)29-4/h5-12H,13-16H2,1-4H3,(H,24,28). The van der Waals surface area contributed by atoms with Gasteiger partial charge in [0.15, 0.2) is 0 Å². The van der Waals surface area contributed by atoms with Crippen molar-refractivity contribution in [3.05, 3.63) is 59.7 Å². The van der Waals surface area contributed by atoms with E-state index in [1.54, 1.807) is 12.1 Å². The molecule has 0 aromatic heterocycles. The van der Waals surface area contributed by atoms with Gasteiger partial charge in [-0.15, -0.1) is 0 Å². The van der Waals surface area contributed by atoms with Crippen LogP contribution in [-0.4, -0.2) is 50.2 Å². The highest BCUT2D eigenvalue weighted by molar-refractivity contribution is 5.90. The van der Waals surface area contributed by atoms with E-state index in [4.69, 9.17) is 4.74 Å². The smallest absolute Gasteiger partial charge is 0.337 e. The number of benzene rings is 2. The fourth-order valence-electron chi connectivity index (χ4n) is 3.35. The topological polar surface area (TPSA) is 61.9 Å². The van der Waals surface area contributed by atoms with Crippen LogP contribution in [0, 0.1) is 0 Å². The van der Waals surface area contributed by atoms with Crippen LogP contribution in [0.25, 0.3) is 0 Å². The molecule has 1 fully saturated rings. The molecule has 0 radical (unpaired) electrons. The van der Waals surface area contributed by atoms with Gasteiger partial charge >= 0.3 is 12.0 Å². The Labute approximate surface area is 172 Å². The van der Waals surface area contributed by atoms with Crippen molar-refractivity contribution in [2.24, 2.45) is 0 Å². The number of carbonyl (C=O) groups is 2. The number of ether oxygens (including phenoxy) is 1. The minimum atomic E-state index is -0.339. The first-order valence-electron chi connectivity index (χ1n) is 9.88. The zero-order valence-electron chi connectivity index (χ0n) is 17.6. The van der Waals surface area contributed by atoms with Gasteiger partial charge in [0.1, 0.15) is 0 Å². The molecule has 0 atom stereocenters. The lowest BCUT2D eigenvalue weighted by Crippen LogP contribution is -2.50. The van der Waals surface area contributed by atoms with Gasteiger partial charge in [-0.3, -0.25) is 0 Å². The summed E-state index contributed by atoms with van der Waals surface area (Å²) in [6.45, 7) is 9.28. The van der Waals surface area contributed by atoms with Gasteiger partial charge in [0.05, 0.1) is 12.7 Å². The first-order valence-corrected chi connectivity index (χ1v) is 9.88. The molecule has 6 nitrogen and oxygen atoms in total. The molecule has 154 valence electrons. The van der Waals surface area contributed by atoms with Crippen molar-refractivity contribution in [2.75, 3.05) is 43.5 Å². The van der Waals surface area contributed by atoms with Crippen molar-refractivity contribution in [3.63, 3.8) is 0 Å². The Morgan fingerprint density at radius 2 is 1.48 bits per heavy atom. The molecule has 1 aliphatic heterocycles. The summed E-state index contributed by atoms with van der Waals surface area (Å²) >= 11 is 0. The maximum atomic E-state index is 12.6. The van der Waals surface area contributed by atoms with Crippen LogP contribution in [0.3, 0.4) is 0 Å². The van der Waals surface area contributed by atoms with Crippen molar-refractivity contribution in [1.29, 1.82) is 0 Å². The third-order valence-corrected chi connectivity index (χ3v) is 5.22. The lowest BCUT2D eigenvalue weighted by Gasteiger charge is -2.36. The summed E-state index contributed by atoms with van der Waals surface area (Å²) in [6.07, 6.45) is 0. The van der Waals surface area contributed by atoms with Crippen molar-refractivity contribution in [1.82, 2.24) is 4.90 Å². The van der Waals surface area contributed by atoms with Crippen molar-refractivity contribution in [3.8, 4) is 0 Å². The first-order chi connectivity index (χ1) is 13.8. The Hall–Kier alpha value is -3.02. The van der Waals surface area contributed by atoms with E-state index in [0.29, 0.717) is 18.7 Å². The van der Waals surface area contributed by atoms with E-state index in [1.165, 1.54) is 12.7 Å². The summed E-state index contributed by atoms with van der Waals surface area (Å²) in [5, 5.41) is 2.99. The van der Waals surface area contributed by atoms with Crippen LogP contribution in [0.4, 0.5) is 16.2 Å². The van der Waals surface area contributed by atoms with Gasteiger partial charge in [-0.25, -0.2) is 9.59 Å². The SMILES string of the molecule is COC(=O)c1ccc(N2CCN(C(=O)Nc3ccc(C(C)(C)C)cc3)CC2)cc1. The van der Waals surface area contributed by atoms with Crippen LogP contribution >= 0.6 is 0 Å². The lowest BCUT2D eigenvalue weighted by molar-refractivity contribution is 0.0600. The van der Waals surface area contributed by atoms with Gasteiger partial charge in [-0.05, 0) is 47.4 Å². The third-order valence-electron chi connectivity index (χ3n) is 5.22. The van der Waals surface area contributed by atoms with Crippen LogP contribution in [0.15, 0.2) is 48.5 Å². The summed E-state index contributed by atoms with van der Waals surface area (Å²) in [7, 11) is 1.37. The number of rotatable bonds is 3. The highest BCUT2D eigenvalue weighted by Crippen LogP contribution is 2.24. The maximum Gasteiger partial charge on any atom is 0.337 e. The average Bonchev–Trinajstić information content (AvgIpc) is 2.73. The van der Waals surface area contributed by atoms with Crippen LogP contribution < -0.4 is 10.2 Å². The third kappa shape index (κ3) is 5.08. The van der Waals surface area contributed by atoms with Crippen molar-refractivity contribution < 1.29 is 14.3 Å². The molecule has 0 saturated carbocycles. The number of nitrogens with zero attached hydrogens (tertiary/aromatic N) is 2. The molecule has 1 N–H and O–H groups in total. The van der Waals surface area contributed by atoms with Gasteiger partial charge in [0, 0.05) is 37.6 Å². The van der Waals surface area contributed by atoms with E-state index in [-0.39, 0.29) is 17.4 Å². The number of esters is 1. The van der Waals surface area contributed by atoms with Gasteiger partial charge < -0.3 is 19.9 Å². The molecule has 2 aromatic rings. The molecule has 0 aliphatic carbocycles. The number of methoxy groups -OCH3 is 1. The number of amides is 2. The molecule has 1 saturated heterocycles. The van der Waals surface area contributed by atoms with Crippen LogP contribution in [-0.2, 0) is 10.2 Å². The number of urea groups is 1. The second-order valence-corrected chi connectivity index (χ2v) is 8.27. The van der Waals surface area contributed by atoms with E-state index in [1.807, 2.05) is 29.2 Å². The molecule has 0 unspecified atom stereocenters. The quantitative estimate of drug-likeness (QED) is 0.794. The number of hydrogen-bond donors (Lipinski definition) is 1. The zero-order chi connectivity index (χ0) is 21.0. The molecule has 1 aliphatic rings. The minimum absolute atomic E-state index is 0.0748. The number of carbonyl (C=O) groups excluding carboxylic acids is 2. The summed E-state index contributed by atoms with van der Waals surface area (Å²) in [6, 6.07) is 15.3. The fraction of sp³-hybridized carbons (Fsp3) is 0.391. The lowest BCUT2D eigenvalue weighted by atomic mass is 9.87. The van der Waals surface area contributed by atoms with E-state index in [9.17, 15) is 9.59 Å². The highest BCUT2D eigenvalue weighted by atomic mass is 16.5. The number of nitrogens with one attached hydrogen (secondary N) is 1. The molecule has 0 spiro atoms. The van der Waals surface area contributed by atoms with Crippen LogP contribution in [0.1, 0.15) is 36.7 Å². The number of anilines is 2. The first kappa shape index (κ1) is 20.7. The molecular formula is C23H29N3O3. The van der Waals surface area contributed by atoms with E-state index in [2.05, 4.69) is 43.1 Å². The minimum Gasteiger partial charge on any atom is -0.465 e. The molecular weight excluding hydrogens is 366 g/mol. The van der Waals surface area contributed by atoms with Crippen LogP contribution in [0.5, 0.6) is 0 Å². The summed E-state index contributed by atoms with van der Waals surface area (Å²) in [5.41, 5.74) is 3.71. The Balaban J connectivity index is 1.53. The Bertz CT molecular complexity index is 846. The predicted octanol–water partition coefficient (Wildman–Crippen LogP) is 4.12. The van der Waals surface area contributed by atoms with Gasteiger partial charge in [-0.1, -0.05) is 32.9 Å². The summed E-state index contributed by atoms with van der Waals surface area (Å²) in [4.78, 5) is 28.2. The summed E-state index contributed by atoms with van der Waals surface area (Å²) < 4.78 is 4.73. The number of piperazine rings is 1. The fourth-order valence-corrected chi connectivity index (χ4v) is 3.35. The predicted molar refractivity (Wildman–Crippen MR) is 116 cm³/mol. The van der Waals surface area contributed by atoms with Gasteiger partial charge in [0.2, 0.25) is 0 Å². The van der Waals surface area contributed by atoms with E-state index < -0.39 is 0 Å². The molecule has 2 amide bonds. The Morgan fingerprint density at radius 1 is 0.897 bits per heavy atom. The molecule has 3 rings (SSSR count). The zero-order valence-corrected chi connectivity index (χ0v) is 17.6.